The third kappa shape index (κ3) is 5.50. The van der Waals surface area contributed by atoms with Crippen molar-refractivity contribution >= 4 is 5.91 Å². The first kappa shape index (κ1) is 17.7. The Hall–Kier alpha value is -1.35. The Balaban J connectivity index is 2.48. The third-order valence-corrected chi connectivity index (χ3v) is 4.46. The second-order valence-electron chi connectivity index (χ2n) is 6.15. The number of amides is 1. The normalized spacial score (nSPS) is 23.2. The first-order valence-corrected chi connectivity index (χ1v) is 7.97. The number of hydrogen-bond donors (Lipinski definition) is 2. The second-order valence-corrected chi connectivity index (χ2v) is 6.15. The Bertz CT molecular complexity index is 394. The number of carbonyl (C=O) groups is 1. The molecule has 4 atom stereocenters. The average molecular weight is 290 g/mol. The Kier molecular flexibility index (Phi) is 7.44. The molecule has 0 aromatic heterocycles. The molecule has 1 aliphatic heterocycles. The highest BCUT2D eigenvalue weighted by Crippen LogP contribution is 2.22. The molecule has 0 aromatic carbocycles. The van der Waals surface area contributed by atoms with Gasteiger partial charge in [0.15, 0.2) is 0 Å². The van der Waals surface area contributed by atoms with E-state index < -0.39 is 0 Å². The van der Waals surface area contributed by atoms with E-state index in [1.165, 1.54) is 12.8 Å². The summed E-state index contributed by atoms with van der Waals surface area (Å²) in [4.78, 5) is 12.4. The maximum Gasteiger partial charge on any atom is 0.223 e. The summed E-state index contributed by atoms with van der Waals surface area (Å²) in [5.74, 6) is 0.534. The SMILES string of the molecule is C=C/C=C(\C=C)CC(C)NC(=O)C(C)C(C)C1CCCN1. The van der Waals surface area contributed by atoms with Gasteiger partial charge in [-0.1, -0.05) is 45.2 Å². The van der Waals surface area contributed by atoms with Crippen LogP contribution in [0.15, 0.2) is 37.0 Å². The number of allylic oxidation sites excluding steroid dienone is 3. The highest BCUT2D eigenvalue weighted by Gasteiger charge is 2.29. The van der Waals surface area contributed by atoms with Gasteiger partial charge in [-0.05, 0) is 44.2 Å². The van der Waals surface area contributed by atoms with Gasteiger partial charge in [-0.25, -0.2) is 0 Å². The van der Waals surface area contributed by atoms with Crippen molar-refractivity contribution in [1.29, 1.82) is 0 Å². The van der Waals surface area contributed by atoms with Crippen LogP contribution >= 0.6 is 0 Å². The zero-order chi connectivity index (χ0) is 15.8. The Morgan fingerprint density at radius 1 is 1.38 bits per heavy atom. The summed E-state index contributed by atoms with van der Waals surface area (Å²) in [6, 6.07) is 0.582. The van der Waals surface area contributed by atoms with Crippen molar-refractivity contribution in [3.8, 4) is 0 Å². The lowest BCUT2D eigenvalue weighted by atomic mass is 9.87. The molecular formula is C18H30N2O. The molecular weight excluding hydrogens is 260 g/mol. The average Bonchev–Trinajstić information content (AvgIpc) is 2.99. The van der Waals surface area contributed by atoms with Crippen LogP contribution in [0.1, 0.15) is 40.0 Å². The first-order valence-electron chi connectivity index (χ1n) is 7.97. The number of carbonyl (C=O) groups excluding carboxylic acids is 1. The van der Waals surface area contributed by atoms with E-state index in [4.69, 9.17) is 0 Å². The Labute approximate surface area is 129 Å². The molecule has 0 spiro atoms. The van der Waals surface area contributed by atoms with Crippen LogP contribution in [0.25, 0.3) is 0 Å². The minimum absolute atomic E-state index is 0.0265. The van der Waals surface area contributed by atoms with Crippen molar-refractivity contribution in [2.75, 3.05) is 6.54 Å². The monoisotopic (exact) mass is 290 g/mol. The van der Waals surface area contributed by atoms with E-state index in [1.54, 1.807) is 6.08 Å². The molecule has 0 saturated carbocycles. The molecule has 1 aliphatic rings. The van der Waals surface area contributed by atoms with E-state index in [9.17, 15) is 4.79 Å². The van der Waals surface area contributed by atoms with Gasteiger partial charge in [0, 0.05) is 18.0 Å². The molecule has 1 rings (SSSR count). The van der Waals surface area contributed by atoms with Gasteiger partial charge >= 0.3 is 0 Å². The minimum Gasteiger partial charge on any atom is -0.353 e. The topological polar surface area (TPSA) is 41.1 Å². The summed E-state index contributed by atoms with van der Waals surface area (Å²) < 4.78 is 0. The predicted octanol–water partition coefficient (Wildman–Crippen LogP) is 3.20. The summed E-state index contributed by atoms with van der Waals surface area (Å²) >= 11 is 0. The molecule has 3 heteroatoms. The van der Waals surface area contributed by atoms with E-state index in [1.807, 2.05) is 26.0 Å². The van der Waals surface area contributed by atoms with E-state index in [0.29, 0.717) is 12.0 Å². The van der Waals surface area contributed by atoms with Gasteiger partial charge in [0.05, 0.1) is 0 Å². The molecule has 0 aliphatic carbocycles. The molecule has 3 nitrogen and oxygen atoms in total. The largest absolute Gasteiger partial charge is 0.353 e. The molecule has 0 bridgehead atoms. The van der Waals surface area contributed by atoms with Crippen LogP contribution in [0.4, 0.5) is 0 Å². The Morgan fingerprint density at radius 2 is 2.10 bits per heavy atom. The summed E-state index contributed by atoms with van der Waals surface area (Å²) in [5.41, 5.74) is 1.09. The van der Waals surface area contributed by atoms with Gasteiger partial charge in [-0.15, -0.1) is 0 Å². The third-order valence-electron chi connectivity index (χ3n) is 4.46. The quantitative estimate of drug-likeness (QED) is 0.674. The lowest BCUT2D eigenvalue weighted by molar-refractivity contribution is -0.126. The van der Waals surface area contributed by atoms with Crippen LogP contribution in [0.3, 0.4) is 0 Å². The fourth-order valence-corrected chi connectivity index (χ4v) is 2.90. The summed E-state index contributed by atoms with van der Waals surface area (Å²) in [6.07, 6.45) is 8.68. The van der Waals surface area contributed by atoms with E-state index in [0.717, 1.165) is 18.5 Å². The molecule has 1 saturated heterocycles. The lowest BCUT2D eigenvalue weighted by Gasteiger charge is -2.26. The number of hydrogen-bond acceptors (Lipinski definition) is 2. The van der Waals surface area contributed by atoms with Crippen molar-refractivity contribution in [1.82, 2.24) is 10.6 Å². The van der Waals surface area contributed by atoms with Crippen LogP contribution in [0.2, 0.25) is 0 Å². The highest BCUT2D eigenvalue weighted by molar-refractivity contribution is 5.79. The van der Waals surface area contributed by atoms with Gasteiger partial charge in [-0.2, -0.15) is 0 Å². The van der Waals surface area contributed by atoms with Gasteiger partial charge in [0.1, 0.15) is 0 Å². The number of rotatable bonds is 8. The standard InChI is InChI=1S/C18H30N2O/c1-6-9-16(7-2)12-13(3)20-18(21)15(5)14(4)17-10-8-11-19-17/h6-7,9,13-15,17,19H,1-2,8,10-12H2,3-5H3,(H,20,21)/b16-9+. The summed E-state index contributed by atoms with van der Waals surface area (Å²) in [6.45, 7) is 14.8. The molecule has 1 heterocycles. The van der Waals surface area contributed by atoms with Gasteiger partial charge in [0.2, 0.25) is 5.91 Å². The van der Waals surface area contributed by atoms with Crippen molar-refractivity contribution in [2.24, 2.45) is 11.8 Å². The van der Waals surface area contributed by atoms with Crippen LogP contribution < -0.4 is 10.6 Å². The van der Waals surface area contributed by atoms with Crippen molar-refractivity contribution in [3.05, 3.63) is 37.0 Å². The molecule has 21 heavy (non-hydrogen) atoms. The zero-order valence-electron chi connectivity index (χ0n) is 13.7. The van der Waals surface area contributed by atoms with Crippen LogP contribution in [-0.2, 0) is 4.79 Å². The lowest BCUT2D eigenvalue weighted by Crippen LogP contribution is -2.43. The summed E-state index contributed by atoms with van der Waals surface area (Å²) in [7, 11) is 0. The second kappa shape index (κ2) is 8.83. The van der Waals surface area contributed by atoms with Crippen molar-refractivity contribution < 1.29 is 4.79 Å². The zero-order valence-corrected chi connectivity index (χ0v) is 13.7. The number of nitrogens with one attached hydrogen (secondary N) is 2. The minimum atomic E-state index is 0.0265. The van der Waals surface area contributed by atoms with Crippen molar-refractivity contribution in [2.45, 2.75) is 52.1 Å². The van der Waals surface area contributed by atoms with E-state index in [-0.39, 0.29) is 17.9 Å². The molecule has 118 valence electrons. The first-order chi connectivity index (χ1) is 9.99. The smallest absolute Gasteiger partial charge is 0.223 e. The fourth-order valence-electron chi connectivity index (χ4n) is 2.90. The van der Waals surface area contributed by atoms with Crippen LogP contribution in [-0.4, -0.2) is 24.5 Å². The summed E-state index contributed by atoms with van der Waals surface area (Å²) in [5, 5.41) is 6.61. The molecule has 0 aromatic rings. The van der Waals surface area contributed by atoms with Gasteiger partial charge < -0.3 is 10.6 Å². The molecule has 1 fully saturated rings. The fraction of sp³-hybridized carbons (Fsp3) is 0.611. The van der Waals surface area contributed by atoms with Gasteiger partial charge in [-0.3, -0.25) is 4.79 Å². The molecule has 2 N–H and O–H groups in total. The van der Waals surface area contributed by atoms with Crippen molar-refractivity contribution in [3.63, 3.8) is 0 Å². The van der Waals surface area contributed by atoms with E-state index >= 15 is 0 Å². The van der Waals surface area contributed by atoms with Crippen LogP contribution in [0, 0.1) is 11.8 Å². The maximum atomic E-state index is 12.4. The van der Waals surface area contributed by atoms with E-state index in [2.05, 4.69) is 30.7 Å². The maximum absolute atomic E-state index is 12.4. The predicted molar refractivity (Wildman–Crippen MR) is 90.1 cm³/mol. The van der Waals surface area contributed by atoms with Gasteiger partial charge in [0.25, 0.3) is 0 Å². The van der Waals surface area contributed by atoms with Crippen LogP contribution in [0.5, 0.6) is 0 Å². The Morgan fingerprint density at radius 3 is 2.62 bits per heavy atom. The molecule has 1 amide bonds. The molecule has 4 unspecified atom stereocenters. The highest BCUT2D eigenvalue weighted by atomic mass is 16.1. The molecule has 0 radical (unpaired) electrons.